The molecule has 0 aliphatic carbocycles. The Morgan fingerprint density at radius 1 is 1.18 bits per heavy atom. The van der Waals surface area contributed by atoms with Crippen LogP contribution < -0.4 is 10.9 Å². The summed E-state index contributed by atoms with van der Waals surface area (Å²) < 4.78 is 0. The lowest BCUT2D eigenvalue weighted by Gasteiger charge is -2.29. The number of para-hydroxylation sites is 1. The maximum absolute atomic E-state index is 12.0. The highest BCUT2D eigenvalue weighted by Crippen LogP contribution is 2.12. The van der Waals surface area contributed by atoms with Gasteiger partial charge in [0, 0.05) is 13.1 Å². The van der Waals surface area contributed by atoms with Gasteiger partial charge in [0.1, 0.15) is 6.54 Å². The van der Waals surface area contributed by atoms with Crippen molar-refractivity contribution < 1.29 is 4.79 Å². The number of anilines is 1. The van der Waals surface area contributed by atoms with Crippen LogP contribution in [0.4, 0.5) is 5.69 Å². The van der Waals surface area contributed by atoms with E-state index >= 15 is 0 Å². The van der Waals surface area contributed by atoms with Gasteiger partial charge in [-0.05, 0) is 31.4 Å². The van der Waals surface area contributed by atoms with Crippen molar-refractivity contribution in [3.05, 3.63) is 30.3 Å². The number of likely N-dealkylation sites (tertiary alicyclic amines) is 1. The van der Waals surface area contributed by atoms with Gasteiger partial charge >= 0.3 is 0 Å². The molecule has 0 unspecified atom stereocenters. The molecule has 1 aromatic rings. The van der Waals surface area contributed by atoms with Gasteiger partial charge in [0.05, 0.1) is 5.69 Å². The Labute approximate surface area is 102 Å². The summed E-state index contributed by atoms with van der Waals surface area (Å²) in [7, 11) is 0. The van der Waals surface area contributed by atoms with E-state index in [0.29, 0.717) is 0 Å². The van der Waals surface area contributed by atoms with Gasteiger partial charge in [-0.2, -0.15) is 0 Å². The minimum Gasteiger partial charge on any atom is -0.341 e. The second-order valence-electron chi connectivity index (χ2n) is 4.40. The van der Waals surface area contributed by atoms with Crippen LogP contribution in [0, 0.1) is 0 Å². The Hall–Kier alpha value is -1.55. The quantitative estimate of drug-likeness (QED) is 0.634. The van der Waals surface area contributed by atoms with E-state index in [1.165, 1.54) is 11.4 Å². The van der Waals surface area contributed by atoms with Gasteiger partial charge < -0.3 is 9.91 Å². The van der Waals surface area contributed by atoms with Crippen molar-refractivity contribution in [3.8, 4) is 0 Å². The third kappa shape index (κ3) is 3.20. The fourth-order valence-corrected chi connectivity index (χ4v) is 2.10. The van der Waals surface area contributed by atoms with Gasteiger partial charge in [0.25, 0.3) is 0 Å². The smallest absolute Gasteiger partial charge is 0.243 e. The summed E-state index contributed by atoms with van der Waals surface area (Å²) in [5.41, 5.74) is 0.873. The Morgan fingerprint density at radius 3 is 2.47 bits per heavy atom. The van der Waals surface area contributed by atoms with Crippen LogP contribution in [-0.2, 0) is 4.79 Å². The average Bonchev–Trinajstić information content (AvgIpc) is 2.40. The monoisotopic (exact) mass is 233 g/mol. The van der Waals surface area contributed by atoms with Crippen LogP contribution in [0.5, 0.6) is 0 Å². The molecule has 1 amide bonds. The third-order valence-electron chi connectivity index (χ3n) is 3.10. The zero-order chi connectivity index (χ0) is 12.1. The van der Waals surface area contributed by atoms with E-state index in [4.69, 9.17) is 5.84 Å². The number of nitrogens with zero attached hydrogens (tertiary/aromatic N) is 2. The molecule has 0 saturated carbocycles. The van der Waals surface area contributed by atoms with Gasteiger partial charge in [0.2, 0.25) is 5.91 Å². The van der Waals surface area contributed by atoms with Gasteiger partial charge in [-0.3, -0.25) is 4.79 Å². The largest absolute Gasteiger partial charge is 0.341 e. The maximum atomic E-state index is 12.0. The molecule has 1 fully saturated rings. The summed E-state index contributed by atoms with van der Waals surface area (Å²) in [6, 6.07) is 9.58. The third-order valence-corrected chi connectivity index (χ3v) is 3.10. The lowest BCUT2D eigenvalue weighted by atomic mass is 10.1. The lowest BCUT2D eigenvalue weighted by Crippen LogP contribution is -2.45. The second-order valence-corrected chi connectivity index (χ2v) is 4.40. The molecule has 0 bridgehead atoms. The van der Waals surface area contributed by atoms with Crippen molar-refractivity contribution in [2.45, 2.75) is 19.3 Å². The summed E-state index contributed by atoms with van der Waals surface area (Å²) in [6.45, 7) is 2.01. The molecule has 1 aliphatic heterocycles. The summed E-state index contributed by atoms with van der Waals surface area (Å²) >= 11 is 0. The maximum Gasteiger partial charge on any atom is 0.243 e. The van der Waals surface area contributed by atoms with Crippen LogP contribution in [0.15, 0.2) is 30.3 Å². The van der Waals surface area contributed by atoms with Crippen molar-refractivity contribution in [1.29, 1.82) is 0 Å². The number of amides is 1. The number of carbonyl (C=O) groups excluding carboxylic acids is 1. The van der Waals surface area contributed by atoms with E-state index < -0.39 is 0 Å². The van der Waals surface area contributed by atoms with E-state index in [1.54, 1.807) is 0 Å². The molecule has 1 saturated heterocycles. The molecule has 92 valence electrons. The first-order valence-corrected chi connectivity index (χ1v) is 6.12. The molecule has 0 spiro atoms. The molecule has 2 N–H and O–H groups in total. The predicted octanol–water partition coefficient (Wildman–Crippen LogP) is 1.38. The predicted molar refractivity (Wildman–Crippen MR) is 68.4 cm³/mol. The number of hydrogen-bond acceptors (Lipinski definition) is 3. The molecule has 1 aliphatic rings. The van der Waals surface area contributed by atoms with Crippen molar-refractivity contribution in [1.82, 2.24) is 4.90 Å². The van der Waals surface area contributed by atoms with Crippen LogP contribution >= 0.6 is 0 Å². The first kappa shape index (κ1) is 11.9. The highest BCUT2D eigenvalue weighted by atomic mass is 16.2. The number of hydrogen-bond donors (Lipinski definition) is 1. The second kappa shape index (κ2) is 5.68. The van der Waals surface area contributed by atoms with Crippen LogP contribution in [0.2, 0.25) is 0 Å². The van der Waals surface area contributed by atoms with E-state index in [0.717, 1.165) is 31.6 Å². The number of piperidine rings is 1. The highest BCUT2D eigenvalue weighted by Gasteiger charge is 2.18. The number of rotatable bonds is 3. The molecular weight excluding hydrogens is 214 g/mol. The first-order valence-electron chi connectivity index (χ1n) is 6.12. The lowest BCUT2D eigenvalue weighted by molar-refractivity contribution is -0.130. The van der Waals surface area contributed by atoms with Crippen LogP contribution in [-0.4, -0.2) is 30.4 Å². The SMILES string of the molecule is NN(CC(=O)N1CCCCC1)c1ccccc1. The van der Waals surface area contributed by atoms with E-state index in [2.05, 4.69) is 0 Å². The molecule has 0 radical (unpaired) electrons. The van der Waals surface area contributed by atoms with Crippen LogP contribution in [0.1, 0.15) is 19.3 Å². The summed E-state index contributed by atoms with van der Waals surface area (Å²) in [5, 5.41) is 1.51. The van der Waals surface area contributed by atoms with Crippen molar-refractivity contribution in [2.75, 3.05) is 24.6 Å². The van der Waals surface area contributed by atoms with Gasteiger partial charge in [-0.1, -0.05) is 18.2 Å². The van der Waals surface area contributed by atoms with Gasteiger partial charge in [-0.25, -0.2) is 5.84 Å². The minimum absolute atomic E-state index is 0.121. The minimum atomic E-state index is 0.121. The number of carbonyl (C=O) groups is 1. The molecule has 0 atom stereocenters. The van der Waals surface area contributed by atoms with Crippen LogP contribution in [0.3, 0.4) is 0 Å². The topological polar surface area (TPSA) is 49.6 Å². The van der Waals surface area contributed by atoms with E-state index in [-0.39, 0.29) is 12.5 Å². The van der Waals surface area contributed by atoms with E-state index in [9.17, 15) is 4.79 Å². The molecular formula is C13H19N3O. The standard InChI is InChI=1S/C13H19N3O/c14-16(12-7-3-1-4-8-12)11-13(17)15-9-5-2-6-10-15/h1,3-4,7-8H,2,5-6,9-11,14H2. The number of hydrazine groups is 1. The molecule has 17 heavy (non-hydrogen) atoms. The van der Waals surface area contributed by atoms with E-state index in [1.807, 2.05) is 35.2 Å². The average molecular weight is 233 g/mol. The number of benzene rings is 1. The number of nitrogens with two attached hydrogens (primary N) is 1. The molecule has 4 nitrogen and oxygen atoms in total. The fraction of sp³-hybridized carbons (Fsp3) is 0.462. The van der Waals surface area contributed by atoms with Crippen LogP contribution in [0.25, 0.3) is 0 Å². The molecule has 0 aromatic heterocycles. The summed E-state index contributed by atoms with van der Waals surface area (Å²) in [5.74, 6) is 6.01. The summed E-state index contributed by atoms with van der Waals surface area (Å²) in [6.07, 6.45) is 3.46. The zero-order valence-electron chi connectivity index (χ0n) is 10.0. The van der Waals surface area contributed by atoms with Gasteiger partial charge in [0.15, 0.2) is 0 Å². The zero-order valence-corrected chi connectivity index (χ0v) is 10.0. The van der Waals surface area contributed by atoms with Crippen molar-refractivity contribution in [3.63, 3.8) is 0 Å². The molecule has 1 aromatic carbocycles. The Bertz CT molecular complexity index is 360. The van der Waals surface area contributed by atoms with Gasteiger partial charge in [-0.15, -0.1) is 0 Å². The normalized spacial score (nSPS) is 15.7. The molecule has 4 heteroatoms. The Balaban J connectivity index is 1.89. The highest BCUT2D eigenvalue weighted by molar-refractivity contribution is 5.81. The molecule has 1 heterocycles. The van der Waals surface area contributed by atoms with Crippen molar-refractivity contribution in [2.24, 2.45) is 5.84 Å². The molecule has 2 rings (SSSR count). The first-order chi connectivity index (χ1) is 8.27. The Morgan fingerprint density at radius 2 is 1.82 bits per heavy atom. The van der Waals surface area contributed by atoms with Crippen molar-refractivity contribution >= 4 is 11.6 Å². The summed E-state index contributed by atoms with van der Waals surface area (Å²) in [4.78, 5) is 13.9. The fourth-order valence-electron chi connectivity index (χ4n) is 2.10. The Kier molecular flexibility index (Phi) is 3.98.